The summed E-state index contributed by atoms with van der Waals surface area (Å²) in [6.45, 7) is 0. The number of carbonyl (C=O) groups is 1. The number of rotatable bonds is 3. The van der Waals surface area contributed by atoms with E-state index in [1.807, 2.05) is 36.5 Å². The van der Waals surface area contributed by atoms with E-state index in [9.17, 15) is 4.79 Å². The van der Waals surface area contributed by atoms with E-state index in [4.69, 9.17) is 0 Å². The highest BCUT2D eigenvalue weighted by Gasteiger charge is 2.19. The molecule has 0 amide bonds. The summed E-state index contributed by atoms with van der Waals surface area (Å²) < 4.78 is 1.81. The van der Waals surface area contributed by atoms with Crippen molar-refractivity contribution in [2.24, 2.45) is 13.0 Å². The first kappa shape index (κ1) is 14.2. The summed E-state index contributed by atoms with van der Waals surface area (Å²) >= 11 is 0. The molecule has 1 aliphatic carbocycles. The SMILES string of the molecule is Cn1cc(-c2c[nH]c3ncc(CC4CCC(=O)CC4)cc23)cn1. The number of carbonyl (C=O) groups excluding carboxylic acids is 1. The van der Waals surface area contributed by atoms with Crippen molar-refractivity contribution in [2.45, 2.75) is 32.1 Å². The lowest BCUT2D eigenvalue weighted by Gasteiger charge is -2.20. The van der Waals surface area contributed by atoms with Crippen LogP contribution in [0.15, 0.2) is 30.9 Å². The average Bonchev–Trinajstić information content (AvgIpc) is 3.15. The Morgan fingerprint density at radius 3 is 2.87 bits per heavy atom. The Bertz CT molecular complexity index is 851. The Hall–Kier alpha value is -2.43. The average molecular weight is 308 g/mol. The van der Waals surface area contributed by atoms with Gasteiger partial charge in [-0.3, -0.25) is 9.48 Å². The fraction of sp³-hybridized carbons (Fsp3) is 0.389. The van der Waals surface area contributed by atoms with Crippen LogP contribution >= 0.6 is 0 Å². The third kappa shape index (κ3) is 2.79. The highest BCUT2D eigenvalue weighted by molar-refractivity contribution is 5.93. The number of hydrogen-bond acceptors (Lipinski definition) is 3. The number of ketones is 1. The summed E-state index contributed by atoms with van der Waals surface area (Å²) in [7, 11) is 1.92. The molecular weight excluding hydrogens is 288 g/mol. The second-order valence-electron chi connectivity index (χ2n) is 6.53. The molecular formula is C18H20N4O. The fourth-order valence-corrected chi connectivity index (χ4v) is 3.49. The van der Waals surface area contributed by atoms with Gasteiger partial charge in [-0.05, 0) is 36.8 Å². The van der Waals surface area contributed by atoms with Gasteiger partial charge in [-0.2, -0.15) is 5.10 Å². The monoisotopic (exact) mass is 308 g/mol. The van der Waals surface area contributed by atoms with E-state index in [1.54, 1.807) is 0 Å². The van der Waals surface area contributed by atoms with E-state index in [1.165, 1.54) is 5.56 Å². The maximum atomic E-state index is 11.4. The largest absolute Gasteiger partial charge is 0.346 e. The summed E-state index contributed by atoms with van der Waals surface area (Å²) in [4.78, 5) is 19.2. The van der Waals surface area contributed by atoms with Gasteiger partial charge in [-0.1, -0.05) is 0 Å². The zero-order chi connectivity index (χ0) is 15.8. The molecule has 3 aromatic heterocycles. The Kier molecular flexibility index (Phi) is 3.48. The van der Waals surface area contributed by atoms with E-state index in [-0.39, 0.29) is 0 Å². The molecule has 23 heavy (non-hydrogen) atoms. The minimum Gasteiger partial charge on any atom is -0.346 e. The molecule has 0 aromatic carbocycles. The number of aromatic nitrogens is 4. The van der Waals surface area contributed by atoms with Crippen LogP contribution in [0.5, 0.6) is 0 Å². The molecule has 0 spiro atoms. The normalized spacial score (nSPS) is 16.3. The number of H-pyrrole nitrogens is 1. The quantitative estimate of drug-likeness (QED) is 0.807. The highest BCUT2D eigenvalue weighted by Crippen LogP contribution is 2.30. The molecule has 0 bridgehead atoms. The molecule has 118 valence electrons. The lowest BCUT2D eigenvalue weighted by molar-refractivity contribution is -0.121. The molecule has 4 rings (SSSR count). The van der Waals surface area contributed by atoms with E-state index in [0.717, 1.165) is 54.3 Å². The molecule has 0 atom stereocenters. The van der Waals surface area contributed by atoms with Gasteiger partial charge in [0.05, 0.1) is 6.20 Å². The first-order chi connectivity index (χ1) is 11.2. The maximum Gasteiger partial charge on any atom is 0.137 e. The van der Waals surface area contributed by atoms with Crippen LogP contribution < -0.4 is 0 Å². The molecule has 3 heterocycles. The number of aromatic amines is 1. The zero-order valence-corrected chi connectivity index (χ0v) is 13.2. The van der Waals surface area contributed by atoms with Gasteiger partial charge in [-0.25, -0.2) is 4.98 Å². The fourth-order valence-electron chi connectivity index (χ4n) is 3.49. The van der Waals surface area contributed by atoms with Crippen LogP contribution in [-0.4, -0.2) is 25.5 Å². The smallest absolute Gasteiger partial charge is 0.137 e. The lowest BCUT2D eigenvalue weighted by atomic mass is 9.84. The van der Waals surface area contributed by atoms with Gasteiger partial charge < -0.3 is 4.98 Å². The van der Waals surface area contributed by atoms with E-state index >= 15 is 0 Å². The van der Waals surface area contributed by atoms with Crippen molar-refractivity contribution in [3.63, 3.8) is 0 Å². The molecule has 1 saturated carbocycles. The summed E-state index contributed by atoms with van der Waals surface area (Å²) in [5.41, 5.74) is 4.40. The van der Waals surface area contributed by atoms with Crippen LogP contribution in [0.3, 0.4) is 0 Å². The number of fused-ring (bicyclic) bond motifs is 1. The topological polar surface area (TPSA) is 63.6 Å². The second kappa shape index (κ2) is 5.65. The van der Waals surface area contributed by atoms with Crippen molar-refractivity contribution in [1.82, 2.24) is 19.7 Å². The summed E-state index contributed by atoms with van der Waals surface area (Å²) in [6, 6.07) is 2.23. The van der Waals surface area contributed by atoms with Crippen LogP contribution in [0.25, 0.3) is 22.2 Å². The van der Waals surface area contributed by atoms with E-state index < -0.39 is 0 Å². The molecule has 1 aliphatic rings. The Labute approximate surface area is 134 Å². The predicted molar refractivity (Wildman–Crippen MR) is 89.0 cm³/mol. The number of Topliss-reactive ketones (excluding diaryl/α,β-unsaturated/α-hetero) is 1. The van der Waals surface area contributed by atoms with Crippen molar-refractivity contribution in [1.29, 1.82) is 0 Å². The summed E-state index contributed by atoms with van der Waals surface area (Å²) in [5.74, 6) is 1.02. The minimum atomic E-state index is 0.416. The molecule has 3 aromatic rings. The van der Waals surface area contributed by atoms with Crippen LogP contribution in [-0.2, 0) is 18.3 Å². The molecule has 0 radical (unpaired) electrons. The Morgan fingerprint density at radius 1 is 1.30 bits per heavy atom. The van der Waals surface area contributed by atoms with Crippen LogP contribution in [0.4, 0.5) is 0 Å². The molecule has 5 nitrogen and oxygen atoms in total. The summed E-state index contributed by atoms with van der Waals surface area (Å²) in [5, 5.41) is 5.39. The van der Waals surface area contributed by atoms with Crippen molar-refractivity contribution < 1.29 is 4.79 Å². The van der Waals surface area contributed by atoms with E-state index in [2.05, 4.69) is 21.1 Å². The first-order valence-electron chi connectivity index (χ1n) is 8.16. The third-order valence-corrected chi connectivity index (χ3v) is 4.79. The Balaban J connectivity index is 1.63. The molecule has 0 unspecified atom stereocenters. The van der Waals surface area contributed by atoms with Crippen molar-refractivity contribution in [3.8, 4) is 11.1 Å². The number of nitrogens with zero attached hydrogens (tertiary/aromatic N) is 3. The zero-order valence-electron chi connectivity index (χ0n) is 13.2. The number of aryl methyl sites for hydroxylation is 1. The minimum absolute atomic E-state index is 0.416. The van der Waals surface area contributed by atoms with Gasteiger partial charge in [-0.15, -0.1) is 0 Å². The highest BCUT2D eigenvalue weighted by atomic mass is 16.1. The molecule has 0 aliphatic heterocycles. The molecule has 0 saturated heterocycles. The van der Waals surface area contributed by atoms with E-state index in [0.29, 0.717) is 11.7 Å². The number of pyridine rings is 1. The number of hydrogen-bond donors (Lipinski definition) is 1. The molecule has 1 fully saturated rings. The molecule has 1 N–H and O–H groups in total. The second-order valence-corrected chi connectivity index (χ2v) is 6.53. The van der Waals surface area contributed by atoms with Gasteiger partial charge in [0.2, 0.25) is 0 Å². The standard InChI is InChI=1S/C18H20N4O/c1-22-11-14(9-21-22)17-10-20-18-16(17)7-13(8-19-18)6-12-2-4-15(23)5-3-12/h7-12H,2-6H2,1H3,(H,19,20). The van der Waals surface area contributed by atoms with Gasteiger partial charge in [0, 0.05) is 55.0 Å². The van der Waals surface area contributed by atoms with Gasteiger partial charge in [0.15, 0.2) is 0 Å². The summed E-state index contributed by atoms with van der Waals surface area (Å²) in [6.07, 6.45) is 12.4. The van der Waals surface area contributed by atoms with Crippen LogP contribution in [0.1, 0.15) is 31.2 Å². The lowest BCUT2D eigenvalue weighted by Crippen LogP contribution is -2.15. The van der Waals surface area contributed by atoms with Gasteiger partial charge in [0.25, 0.3) is 0 Å². The Morgan fingerprint density at radius 2 is 2.13 bits per heavy atom. The van der Waals surface area contributed by atoms with Gasteiger partial charge >= 0.3 is 0 Å². The first-order valence-corrected chi connectivity index (χ1v) is 8.16. The predicted octanol–water partition coefficient (Wildman–Crippen LogP) is 3.27. The van der Waals surface area contributed by atoms with Gasteiger partial charge in [0.1, 0.15) is 11.4 Å². The van der Waals surface area contributed by atoms with Crippen LogP contribution in [0.2, 0.25) is 0 Å². The number of nitrogens with one attached hydrogen (secondary N) is 1. The van der Waals surface area contributed by atoms with Crippen molar-refractivity contribution >= 4 is 16.8 Å². The van der Waals surface area contributed by atoms with Crippen molar-refractivity contribution in [3.05, 3.63) is 36.4 Å². The molecule has 5 heteroatoms. The maximum absolute atomic E-state index is 11.4. The van der Waals surface area contributed by atoms with Crippen LogP contribution in [0, 0.1) is 5.92 Å². The van der Waals surface area contributed by atoms with Crippen molar-refractivity contribution in [2.75, 3.05) is 0 Å². The third-order valence-electron chi connectivity index (χ3n) is 4.79.